The molecule has 1 N–H and O–H groups in total. The maximum atomic E-state index is 12.0. The fourth-order valence-corrected chi connectivity index (χ4v) is 3.25. The molecule has 3 rings (SSSR count). The number of nitrogens with one attached hydrogen (secondary N) is 1. The standard InChI is InChI=1S/C17H19NO2S/c1-12(17(19)18-11-16-6-3-9-21-16)20-15-8-7-13-4-2-5-14(13)10-15/h3,6-10,12H,2,4-5,11H2,1H3,(H,18,19)/t12-/m1/s1. The molecule has 1 aliphatic rings. The zero-order valence-electron chi connectivity index (χ0n) is 12.1. The van der Waals surface area contributed by atoms with E-state index in [-0.39, 0.29) is 5.91 Å². The zero-order chi connectivity index (χ0) is 14.7. The lowest BCUT2D eigenvalue weighted by Gasteiger charge is -2.15. The number of carbonyl (C=O) groups excluding carboxylic acids is 1. The number of aryl methyl sites for hydroxylation is 2. The Morgan fingerprint density at radius 2 is 2.19 bits per heavy atom. The van der Waals surface area contributed by atoms with Crippen molar-refractivity contribution in [1.82, 2.24) is 5.32 Å². The van der Waals surface area contributed by atoms with Crippen LogP contribution >= 0.6 is 11.3 Å². The number of amides is 1. The predicted molar refractivity (Wildman–Crippen MR) is 84.7 cm³/mol. The summed E-state index contributed by atoms with van der Waals surface area (Å²) in [6, 6.07) is 10.2. The second kappa shape index (κ2) is 6.31. The third-order valence-corrected chi connectivity index (χ3v) is 4.65. The van der Waals surface area contributed by atoms with Crippen LogP contribution in [-0.2, 0) is 24.2 Å². The van der Waals surface area contributed by atoms with Crippen LogP contribution in [-0.4, -0.2) is 12.0 Å². The van der Waals surface area contributed by atoms with Crippen molar-refractivity contribution in [3.8, 4) is 5.75 Å². The zero-order valence-corrected chi connectivity index (χ0v) is 12.9. The van der Waals surface area contributed by atoms with Gasteiger partial charge in [0, 0.05) is 4.88 Å². The highest BCUT2D eigenvalue weighted by molar-refractivity contribution is 7.09. The van der Waals surface area contributed by atoms with Gasteiger partial charge in [-0.3, -0.25) is 4.79 Å². The molecule has 1 aliphatic carbocycles. The SMILES string of the molecule is C[C@@H](Oc1ccc2c(c1)CCC2)C(=O)NCc1cccs1. The van der Waals surface area contributed by atoms with Crippen LogP contribution in [0, 0.1) is 0 Å². The van der Waals surface area contributed by atoms with Crippen LogP contribution in [0.15, 0.2) is 35.7 Å². The highest BCUT2D eigenvalue weighted by atomic mass is 32.1. The molecule has 21 heavy (non-hydrogen) atoms. The van der Waals surface area contributed by atoms with Gasteiger partial charge in [0.1, 0.15) is 5.75 Å². The number of ether oxygens (including phenoxy) is 1. The molecule has 0 saturated carbocycles. The molecule has 1 heterocycles. The first-order valence-electron chi connectivity index (χ1n) is 7.31. The Kier molecular flexibility index (Phi) is 4.25. The Morgan fingerprint density at radius 1 is 1.33 bits per heavy atom. The van der Waals surface area contributed by atoms with Crippen LogP contribution in [0.1, 0.15) is 29.3 Å². The van der Waals surface area contributed by atoms with Crippen LogP contribution < -0.4 is 10.1 Å². The lowest BCUT2D eigenvalue weighted by atomic mass is 10.1. The minimum Gasteiger partial charge on any atom is -0.481 e. The largest absolute Gasteiger partial charge is 0.481 e. The van der Waals surface area contributed by atoms with Crippen molar-refractivity contribution in [1.29, 1.82) is 0 Å². The fourth-order valence-electron chi connectivity index (χ4n) is 2.61. The van der Waals surface area contributed by atoms with Crippen LogP contribution in [0.5, 0.6) is 5.75 Å². The van der Waals surface area contributed by atoms with Gasteiger partial charge in [-0.2, -0.15) is 0 Å². The lowest BCUT2D eigenvalue weighted by Crippen LogP contribution is -2.35. The second-order valence-electron chi connectivity index (χ2n) is 5.34. The second-order valence-corrected chi connectivity index (χ2v) is 6.37. The van der Waals surface area contributed by atoms with Crippen molar-refractivity contribution in [3.05, 3.63) is 51.7 Å². The molecule has 1 amide bonds. The maximum Gasteiger partial charge on any atom is 0.261 e. The number of thiophene rings is 1. The van der Waals surface area contributed by atoms with Gasteiger partial charge < -0.3 is 10.1 Å². The Bertz CT molecular complexity index is 622. The summed E-state index contributed by atoms with van der Waals surface area (Å²) in [5.41, 5.74) is 2.77. The molecule has 1 aromatic heterocycles. The van der Waals surface area contributed by atoms with E-state index >= 15 is 0 Å². The monoisotopic (exact) mass is 301 g/mol. The number of fused-ring (bicyclic) bond motifs is 1. The summed E-state index contributed by atoms with van der Waals surface area (Å²) in [6.45, 7) is 2.35. The smallest absolute Gasteiger partial charge is 0.261 e. The predicted octanol–water partition coefficient (Wildman–Crippen LogP) is 3.32. The summed E-state index contributed by atoms with van der Waals surface area (Å²) >= 11 is 1.64. The molecule has 110 valence electrons. The molecule has 4 heteroatoms. The van der Waals surface area contributed by atoms with Crippen molar-refractivity contribution in [3.63, 3.8) is 0 Å². The van der Waals surface area contributed by atoms with Crippen molar-refractivity contribution >= 4 is 17.2 Å². The van der Waals surface area contributed by atoms with Crippen LogP contribution in [0.4, 0.5) is 0 Å². The van der Waals surface area contributed by atoms with Crippen molar-refractivity contribution in [2.75, 3.05) is 0 Å². The Morgan fingerprint density at radius 3 is 3.00 bits per heavy atom. The molecular weight excluding hydrogens is 282 g/mol. The number of carbonyl (C=O) groups is 1. The molecule has 2 aromatic rings. The van der Waals surface area contributed by atoms with E-state index in [9.17, 15) is 4.79 Å². The first kappa shape index (κ1) is 14.1. The third kappa shape index (κ3) is 3.45. The summed E-state index contributed by atoms with van der Waals surface area (Å²) in [6.07, 6.45) is 3.01. The van der Waals surface area contributed by atoms with E-state index in [1.54, 1.807) is 18.3 Å². The van der Waals surface area contributed by atoms with E-state index in [1.807, 2.05) is 23.6 Å². The van der Waals surface area contributed by atoms with Gasteiger partial charge in [-0.25, -0.2) is 0 Å². The summed E-state index contributed by atoms with van der Waals surface area (Å²) in [5.74, 6) is 0.707. The molecule has 0 aliphatic heterocycles. The topological polar surface area (TPSA) is 38.3 Å². The highest BCUT2D eigenvalue weighted by Gasteiger charge is 2.16. The van der Waals surface area contributed by atoms with Crippen molar-refractivity contribution < 1.29 is 9.53 Å². The molecule has 1 aromatic carbocycles. The summed E-state index contributed by atoms with van der Waals surface area (Å²) < 4.78 is 5.76. The van der Waals surface area contributed by atoms with Gasteiger partial charge in [0.25, 0.3) is 5.91 Å². The number of benzene rings is 1. The van der Waals surface area contributed by atoms with E-state index in [1.165, 1.54) is 17.5 Å². The molecule has 0 spiro atoms. The average molecular weight is 301 g/mol. The summed E-state index contributed by atoms with van der Waals surface area (Å²) in [7, 11) is 0. The molecule has 1 atom stereocenters. The van der Waals surface area contributed by atoms with Gasteiger partial charge in [-0.15, -0.1) is 11.3 Å². The molecule has 3 nitrogen and oxygen atoms in total. The lowest BCUT2D eigenvalue weighted by molar-refractivity contribution is -0.127. The quantitative estimate of drug-likeness (QED) is 0.920. The Hall–Kier alpha value is -1.81. The first-order valence-corrected chi connectivity index (χ1v) is 8.19. The first-order chi connectivity index (χ1) is 10.2. The van der Waals surface area contributed by atoms with Gasteiger partial charge in [-0.1, -0.05) is 12.1 Å². The van der Waals surface area contributed by atoms with E-state index in [0.717, 1.165) is 23.5 Å². The minimum atomic E-state index is -0.482. The minimum absolute atomic E-state index is 0.0797. The molecule has 0 radical (unpaired) electrons. The van der Waals surface area contributed by atoms with Crippen molar-refractivity contribution in [2.24, 2.45) is 0 Å². The fraction of sp³-hybridized carbons (Fsp3) is 0.353. The van der Waals surface area contributed by atoms with Crippen molar-refractivity contribution in [2.45, 2.75) is 38.8 Å². The summed E-state index contributed by atoms with van der Waals surface area (Å²) in [4.78, 5) is 13.2. The number of hydrogen-bond donors (Lipinski definition) is 1. The van der Waals surface area contributed by atoms with Gasteiger partial charge in [0.2, 0.25) is 0 Å². The van der Waals surface area contributed by atoms with Gasteiger partial charge in [0.15, 0.2) is 6.10 Å². The summed E-state index contributed by atoms with van der Waals surface area (Å²) in [5, 5.41) is 4.91. The average Bonchev–Trinajstić information content (AvgIpc) is 3.15. The molecule has 0 saturated heterocycles. The van der Waals surface area contributed by atoms with Crippen LogP contribution in [0.2, 0.25) is 0 Å². The molecule has 0 fully saturated rings. The van der Waals surface area contributed by atoms with Crippen LogP contribution in [0.25, 0.3) is 0 Å². The number of rotatable bonds is 5. The van der Waals surface area contributed by atoms with E-state index in [4.69, 9.17) is 4.74 Å². The van der Waals surface area contributed by atoms with Gasteiger partial charge >= 0.3 is 0 Å². The van der Waals surface area contributed by atoms with Gasteiger partial charge in [0.05, 0.1) is 6.54 Å². The number of hydrogen-bond acceptors (Lipinski definition) is 3. The Balaban J connectivity index is 1.55. The normalized spacial score (nSPS) is 14.5. The Labute approximate surface area is 129 Å². The van der Waals surface area contributed by atoms with E-state index in [0.29, 0.717) is 6.54 Å². The molecule has 0 bridgehead atoms. The van der Waals surface area contributed by atoms with Gasteiger partial charge in [-0.05, 0) is 60.9 Å². The van der Waals surface area contributed by atoms with Crippen LogP contribution in [0.3, 0.4) is 0 Å². The molecule has 0 unspecified atom stereocenters. The van der Waals surface area contributed by atoms with E-state index in [2.05, 4.69) is 17.4 Å². The van der Waals surface area contributed by atoms with E-state index < -0.39 is 6.10 Å². The highest BCUT2D eigenvalue weighted by Crippen LogP contribution is 2.26. The maximum absolute atomic E-state index is 12.0. The molecular formula is C17H19NO2S. The third-order valence-electron chi connectivity index (χ3n) is 3.77.